The summed E-state index contributed by atoms with van der Waals surface area (Å²) in [6, 6.07) is 5.45. The predicted octanol–water partition coefficient (Wildman–Crippen LogP) is 3.50. The number of hydrogen-bond acceptors (Lipinski definition) is 4. The molecule has 1 aliphatic heterocycles. The van der Waals surface area contributed by atoms with Gasteiger partial charge in [0, 0.05) is 30.6 Å². The standard InChI is InChI=1S/C19H25N3O3S/c1-11(2)12(3)20-17(23)13-6-8-22(9-7-13)18(24)14-4-5-15-16(10-14)25-19(26)21-15/h4-5,10-13H,6-9H2,1-3H3,(H,20,23)(H,21,26)/t12-/m0/s1. The Balaban J connectivity index is 1.60. The lowest BCUT2D eigenvalue weighted by Gasteiger charge is -2.32. The lowest BCUT2D eigenvalue weighted by atomic mass is 9.94. The first kappa shape index (κ1) is 18.6. The van der Waals surface area contributed by atoms with Gasteiger partial charge in [0.25, 0.3) is 10.7 Å². The van der Waals surface area contributed by atoms with E-state index in [4.69, 9.17) is 16.6 Å². The molecule has 0 saturated carbocycles. The smallest absolute Gasteiger partial charge is 0.266 e. The Labute approximate surface area is 157 Å². The van der Waals surface area contributed by atoms with Crippen molar-refractivity contribution in [1.82, 2.24) is 15.2 Å². The van der Waals surface area contributed by atoms with Crippen LogP contribution in [0.25, 0.3) is 11.1 Å². The van der Waals surface area contributed by atoms with E-state index in [1.165, 1.54) is 0 Å². The van der Waals surface area contributed by atoms with Crippen molar-refractivity contribution in [3.05, 3.63) is 28.6 Å². The summed E-state index contributed by atoms with van der Waals surface area (Å²) in [5.74, 6) is 0.447. The zero-order chi connectivity index (χ0) is 18.8. The molecule has 0 aliphatic carbocycles. The molecular formula is C19H25N3O3S. The lowest BCUT2D eigenvalue weighted by Crippen LogP contribution is -2.45. The van der Waals surface area contributed by atoms with Crippen molar-refractivity contribution in [3.8, 4) is 0 Å². The summed E-state index contributed by atoms with van der Waals surface area (Å²) in [7, 11) is 0. The van der Waals surface area contributed by atoms with Gasteiger partial charge in [-0.2, -0.15) is 0 Å². The highest BCUT2D eigenvalue weighted by atomic mass is 32.1. The van der Waals surface area contributed by atoms with Crippen LogP contribution in [0.15, 0.2) is 22.6 Å². The van der Waals surface area contributed by atoms with Crippen molar-refractivity contribution in [2.75, 3.05) is 13.1 Å². The van der Waals surface area contributed by atoms with Crippen LogP contribution in [-0.2, 0) is 4.79 Å². The zero-order valence-corrected chi connectivity index (χ0v) is 16.2. The Hall–Kier alpha value is -2.15. The Morgan fingerprint density at radius 2 is 1.96 bits per heavy atom. The van der Waals surface area contributed by atoms with Crippen LogP contribution < -0.4 is 5.32 Å². The second-order valence-corrected chi connectivity index (χ2v) is 7.70. The minimum atomic E-state index is -0.0383. The third-order valence-corrected chi connectivity index (χ3v) is 5.38. The number of piperidine rings is 1. The molecule has 1 aliphatic rings. The van der Waals surface area contributed by atoms with Crippen molar-refractivity contribution < 1.29 is 14.0 Å². The monoisotopic (exact) mass is 375 g/mol. The van der Waals surface area contributed by atoms with E-state index in [0.717, 1.165) is 5.52 Å². The van der Waals surface area contributed by atoms with Crippen LogP contribution in [0.5, 0.6) is 0 Å². The van der Waals surface area contributed by atoms with Crippen LogP contribution in [0.2, 0.25) is 0 Å². The highest BCUT2D eigenvalue weighted by Crippen LogP contribution is 2.22. The highest BCUT2D eigenvalue weighted by Gasteiger charge is 2.28. The summed E-state index contributed by atoms with van der Waals surface area (Å²) in [6.07, 6.45) is 1.38. The number of nitrogens with one attached hydrogen (secondary N) is 2. The molecule has 0 bridgehead atoms. The van der Waals surface area contributed by atoms with Crippen molar-refractivity contribution in [2.24, 2.45) is 11.8 Å². The molecule has 1 atom stereocenters. The number of aromatic amines is 1. The summed E-state index contributed by atoms with van der Waals surface area (Å²) in [4.78, 5) is 30.1. The molecule has 1 aromatic carbocycles. The van der Waals surface area contributed by atoms with Crippen molar-refractivity contribution in [2.45, 2.75) is 39.7 Å². The van der Waals surface area contributed by atoms with Gasteiger partial charge in [-0.3, -0.25) is 9.59 Å². The third kappa shape index (κ3) is 3.98. The van der Waals surface area contributed by atoms with Crippen molar-refractivity contribution in [1.29, 1.82) is 0 Å². The number of hydrogen-bond donors (Lipinski definition) is 2. The number of benzene rings is 1. The number of aromatic nitrogens is 1. The zero-order valence-electron chi connectivity index (χ0n) is 15.4. The molecule has 1 fully saturated rings. The fourth-order valence-corrected chi connectivity index (χ4v) is 3.31. The van der Waals surface area contributed by atoms with E-state index < -0.39 is 0 Å². The normalized spacial score (nSPS) is 16.8. The van der Waals surface area contributed by atoms with Crippen molar-refractivity contribution in [3.63, 3.8) is 0 Å². The van der Waals surface area contributed by atoms with Crippen LogP contribution in [0.1, 0.15) is 44.0 Å². The number of carbonyl (C=O) groups is 2. The van der Waals surface area contributed by atoms with Crippen LogP contribution in [0, 0.1) is 16.7 Å². The molecule has 1 saturated heterocycles. The van der Waals surface area contributed by atoms with E-state index in [1.54, 1.807) is 23.1 Å². The molecule has 6 nitrogen and oxygen atoms in total. The molecule has 2 heterocycles. The van der Waals surface area contributed by atoms with Gasteiger partial charge in [-0.25, -0.2) is 0 Å². The molecular weight excluding hydrogens is 350 g/mol. The Bertz CT molecular complexity index is 862. The maximum atomic E-state index is 12.7. The number of likely N-dealkylation sites (tertiary alicyclic amines) is 1. The number of H-pyrrole nitrogens is 1. The van der Waals surface area contributed by atoms with E-state index in [9.17, 15) is 9.59 Å². The largest absolute Gasteiger partial charge is 0.429 e. The molecule has 1 aromatic heterocycles. The highest BCUT2D eigenvalue weighted by molar-refractivity contribution is 7.71. The minimum absolute atomic E-state index is 0.0230. The van der Waals surface area contributed by atoms with Crippen LogP contribution in [0.4, 0.5) is 0 Å². The first-order valence-corrected chi connectivity index (χ1v) is 9.48. The molecule has 0 spiro atoms. The Morgan fingerprint density at radius 1 is 1.27 bits per heavy atom. The summed E-state index contributed by atoms with van der Waals surface area (Å²) < 4.78 is 5.39. The van der Waals surface area contributed by atoms with Gasteiger partial charge in [0.1, 0.15) is 0 Å². The van der Waals surface area contributed by atoms with E-state index in [0.29, 0.717) is 47.8 Å². The van der Waals surface area contributed by atoms with Gasteiger partial charge in [0.15, 0.2) is 5.58 Å². The van der Waals surface area contributed by atoms with Crippen LogP contribution in [-0.4, -0.2) is 40.8 Å². The van der Waals surface area contributed by atoms with E-state index >= 15 is 0 Å². The number of oxazole rings is 1. The number of rotatable bonds is 4. The maximum Gasteiger partial charge on any atom is 0.266 e. The number of amides is 2. The summed E-state index contributed by atoms with van der Waals surface area (Å²) in [5, 5.41) is 3.08. The van der Waals surface area contributed by atoms with E-state index in [-0.39, 0.29) is 23.8 Å². The molecule has 2 N–H and O–H groups in total. The molecule has 2 aromatic rings. The fourth-order valence-electron chi connectivity index (χ4n) is 3.11. The Kier molecular flexibility index (Phi) is 5.46. The number of carbonyl (C=O) groups excluding carboxylic acids is 2. The molecule has 7 heteroatoms. The lowest BCUT2D eigenvalue weighted by molar-refractivity contribution is -0.127. The maximum absolute atomic E-state index is 12.7. The minimum Gasteiger partial charge on any atom is -0.429 e. The summed E-state index contributed by atoms with van der Waals surface area (Å²) in [6.45, 7) is 7.38. The molecule has 3 rings (SSSR count). The fraction of sp³-hybridized carbons (Fsp3) is 0.526. The van der Waals surface area contributed by atoms with Crippen molar-refractivity contribution >= 4 is 35.1 Å². The summed E-state index contributed by atoms with van der Waals surface area (Å²) >= 11 is 4.97. The van der Waals surface area contributed by atoms with Gasteiger partial charge in [-0.1, -0.05) is 13.8 Å². The molecule has 26 heavy (non-hydrogen) atoms. The van der Waals surface area contributed by atoms with Crippen LogP contribution in [0.3, 0.4) is 0 Å². The topological polar surface area (TPSA) is 78.3 Å². The molecule has 0 radical (unpaired) electrons. The SMILES string of the molecule is CC(C)[C@H](C)NC(=O)C1CCN(C(=O)c2ccc3[nH]c(=S)oc3c2)CC1. The predicted molar refractivity (Wildman–Crippen MR) is 102 cm³/mol. The van der Waals surface area contributed by atoms with Gasteiger partial charge in [0.05, 0.1) is 5.52 Å². The first-order valence-electron chi connectivity index (χ1n) is 9.07. The average molecular weight is 375 g/mol. The second kappa shape index (κ2) is 7.61. The molecule has 140 valence electrons. The van der Waals surface area contributed by atoms with Crippen LogP contribution >= 0.6 is 12.2 Å². The van der Waals surface area contributed by atoms with Gasteiger partial charge >= 0.3 is 0 Å². The average Bonchev–Trinajstić information content (AvgIpc) is 3.00. The third-order valence-electron chi connectivity index (χ3n) is 5.19. The summed E-state index contributed by atoms with van der Waals surface area (Å²) in [5.41, 5.74) is 1.94. The quantitative estimate of drug-likeness (QED) is 0.802. The van der Waals surface area contributed by atoms with E-state index in [1.807, 2.05) is 6.92 Å². The number of nitrogens with zero attached hydrogens (tertiary/aromatic N) is 1. The van der Waals surface area contributed by atoms with Gasteiger partial charge in [-0.15, -0.1) is 0 Å². The molecule has 0 unspecified atom stereocenters. The molecule has 2 amide bonds. The first-order chi connectivity index (χ1) is 12.3. The Morgan fingerprint density at radius 3 is 2.62 bits per heavy atom. The second-order valence-electron chi connectivity index (χ2n) is 7.33. The van der Waals surface area contributed by atoms with Gasteiger partial charge in [0.2, 0.25) is 5.91 Å². The van der Waals surface area contributed by atoms with E-state index in [2.05, 4.69) is 24.1 Å². The van der Waals surface area contributed by atoms with Gasteiger partial charge < -0.3 is 19.6 Å². The number of fused-ring (bicyclic) bond motifs is 1. The van der Waals surface area contributed by atoms with Gasteiger partial charge in [-0.05, 0) is 56.1 Å².